The largest absolute Gasteiger partial charge is 0.354 e. The SMILES string of the molecule is CCC(N)(CC)CNC(=O)CCc1cccc(Br)c1.Cl. The van der Waals surface area contributed by atoms with Crippen LogP contribution in [0, 0.1) is 0 Å². The molecule has 0 saturated carbocycles. The van der Waals surface area contributed by atoms with Gasteiger partial charge in [0.05, 0.1) is 0 Å². The van der Waals surface area contributed by atoms with Crippen molar-refractivity contribution in [2.24, 2.45) is 5.73 Å². The maximum Gasteiger partial charge on any atom is 0.220 e. The average molecular weight is 364 g/mol. The van der Waals surface area contributed by atoms with Crippen molar-refractivity contribution in [1.29, 1.82) is 0 Å². The van der Waals surface area contributed by atoms with E-state index in [1.165, 1.54) is 0 Å². The maximum absolute atomic E-state index is 11.8. The number of nitrogens with one attached hydrogen (secondary N) is 1. The standard InChI is InChI=1S/C15H23BrN2O.ClH/c1-3-15(17,4-2)11-18-14(19)9-8-12-6-5-7-13(16)10-12;/h5-7,10H,3-4,8-9,11,17H2,1-2H3,(H,18,19);1H. The van der Waals surface area contributed by atoms with Gasteiger partial charge in [-0.3, -0.25) is 4.79 Å². The van der Waals surface area contributed by atoms with E-state index in [4.69, 9.17) is 5.73 Å². The van der Waals surface area contributed by atoms with Crippen LogP contribution in [0.4, 0.5) is 0 Å². The summed E-state index contributed by atoms with van der Waals surface area (Å²) in [6.07, 6.45) is 2.99. The molecule has 1 aromatic carbocycles. The van der Waals surface area contributed by atoms with Crippen LogP contribution in [0.2, 0.25) is 0 Å². The topological polar surface area (TPSA) is 55.1 Å². The van der Waals surface area contributed by atoms with E-state index in [1.54, 1.807) is 0 Å². The molecule has 0 aliphatic rings. The van der Waals surface area contributed by atoms with Crippen molar-refractivity contribution in [3.8, 4) is 0 Å². The molecule has 0 radical (unpaired) electrons. The molecule has 3 nitrogen and oxygen atoms in total. The van der Waals surface area contributed by atoms with E-state index in [-0.39, 0.29) is 23.9 Å². The van der Waals surface area contributed by atoms with Gasteiger partial charge in [0.1, 0.15) is 0 Å². The average Bonchev–Trinajstić information content (AvgIpc) is 2.42. The second kappa shape index (κ2) is 9.37. The predicted octanol–water partition coefficient (Wildman–Crippen LogP) is 3.44. The Morgan fingerprint density at radius 1 is 1.35 bits per heavy atom. The molecule has 0 aromatic heterocycles. The van der Waals surface area contributed by atoms with E-state index < -0.39 is 0 Å². The molecule has 0 aliphatic carbocycles. The molecule has 0 bridgehead atoms. The summed E-state index contributed by atoms with van der Waals surface area (Å²) in [6, 6.07) is 8.03. The third-order valence-electron chi connectivity index (χ3n) is 3.58. The van der Waals surface area contributed by atoms with Crippen molar-refractivity contribution < 1.29 is 4.79 Å². The second-order valence-electron chi connectivity index (χ2n) is 4.98. The lowest BCUT2D eigenvalue weighted by Gasteiger charge is -2.26. The van der Waals surface area contributed by atoms with Crippen molar-refractivity contribution in [2.45, 2.75) is 45.1 Å². The highest BCUT2D eigenvalue weighted by Gasteiger charge is 2.20. The van der Waals surface area contributed by atoms with Gasteiger partial charge in [-0.2, -0.15) is 0 Å². The molecule has 114 valence electrons. The molecular formula is C15H24BrClN2O. The van der Waals surface area contributed by atoms with Gasteiger partial charge in [0.25, 0.3) is 0 Å². The summed E-state index contributed by atoms with van der Waals surface area (Å²) in [5.41, 5.74) is 7.04. The number of nitrogens with two attached hydrogens (primary N) is 1. The quantitative estimate of drug-likeness (QED) is 0.779. The number of carbonyl (C=O) groups is 1. The van der Waals surface area contributed by atoms with Crippen molar-refractivity contribution >= 4 is 34.2 Å². The Balaban J connectivity index is 0.00000361. The summed E-state index contributed by atoms with van der Waals surface area (Å²) < 4.78 is 1.04. The van der Waals surface area contributed by atoms with Gasteiger partial charge in [0.15, 0.2) is 0 Å². The van der Waals surface area contributed by atoms with Crippen molar-refractivity contribution in [3.05, 3.63) is 34.3 Å². The Kier molecular flexibility index (Phi) is 9.10. The van der Waals surface area contributed by atoms with Crippen molar-refractivity contribution in [3.63, 3.8) is 0 Å². The van der Waals surface area contributed by atoms with Gasteiger partial charge in [0, 0.05) is 23.0 Å². The van der Waals surface area contributed by atoms with E-state index in [9.17, 15) is 4.79 Å². The van der Waals surface area contributed by atoms with E-state index in [2.05, 4.69) is 35.1 Å². The molecule has 0 heterocycles. The third-order valence-corrected chi connectivity index (χ3v) is 4.07. The summed E-state index contributed by atoms with van der Waals surface area (Å²) in [5.74, 6) is 0.0664. The fraction of sp³-hybridized carbons (Fsp3) is 0.533. The lowest BCUT2D eigenvalue weighted by atomic mass is 9.94. The number of benzene rings is 1. The smallest absolute Gasteiger partial charge is 0.220 e. The molecule has 0 fully saturated rings. The number of aryl methyl sites for hydroxylation is 1. The van der Waals surface area contributed by atoms with Crippen LogP contribution in [0.3, 0.4) is 0 Å². The number of rotatable bonds is 7. The minimum Gasteiger partial charge on any atom is -0.354 e. The first-order valence-corrected chi connectivity index (χ1v) is 7.58. The first-order chi connectivity index (χ1) is 8.99. The zero-order valence-corrected chi connectivity index (χ0v) is 14.5. The molecule has 3 N–H and O–H groups in total. The van der Waals surface area contributed by atoms with E-state index in [0.717, 1.165) is 29.3 Å². The Bertz CT molecular complexity index is 422. The third kappa shape index (κ3) is 6.73. The van der Waals surface area contributed by atoms with Crippen LogP contribution >= 0.6 is 28.3 Å². The van der Waals surface area contributed by atoms with Gasteiger partial charge in [-0.25, -0.2) is 0 Å². The highest BCUT2D eigenvalue weighted by molar-refractivity contribution is 9.10. The highest BCUT2D eigenvalue weighted by atomic mass is 79.9. The van der Waals surface area contributed by atoms with Gasteiger partial charge >= 0.3 is 0 Å². The van der Waals surface area contributed by atoms with Gasteiger partial charge in [-0.1, -0.05) is 41.9 Å². The summed E-state index contributed by atoms with van der Waals surface area (Å²) in [7, 11) is 0. The van der Waals surface area contributed by atoms with Crippen LogP contribution < -0.4 is 11.1 Å². The van der Waals surface area contributed by atoms with Crippen LogP contribution in [0.5, 0.6) is 0 Å². The fourth-order valence-corrected chi connectivity index (χ4v) is 2.26. The minimum atomic E-state index is -0.272. The molecule has 5 heteroatoms. The molecule has 1 amide bonds. The van der Waals surface area contributed by atoms with Crippen LogP contribution in [-0.4, -0.2) is 18.0 Å². The normalized spacial score (nSPS) is 10.8. The maximum atomic E-state index is 11.8. The van der Waals surface area contributed by atoms with E-state index in [1.807, 2.05) is 24.3 Å². The number of amides is 1. The fourth-order valence-electron chi connectivity index (χ4n) is 1.81. The minimum absolute atomic E-state index is 0. The van der Waals surface area contributed by atoms with Crippen molar-refractivity contribution in [2.75, 3.05) is 6.54 Å². The molecule has 0 atom stereocenters. The van der Waals surface area contributed by atoms with Gasteiger partial charge in [0.2, 0.25) is 5.91 Å². The first-order valence-electron chi connectivity index (χ1n) is 6.79. The number of hydrogen-bond donors (Lipinski definition) is 2. The lowest BCUT2D eigenvalue weighted by Crippen LogP contribution is -2.49. The summed E-state index contributed by atoms with van der Waals surface area (Å²) in [4.78, 5) is 11.8. The Hall–Kier alpha value is -0.580. The van der Waals surface area contributed by atoms with E-state index >= 15 is 0 Å². The predicted molar refractivity (Wildman–Crippen MR) is 90.2 cm³/mol. The Morgan fingerprint density at radius 2 is 2.00 bits per heavy atom. The first kappa shape index (κ1) is 19.4. The molecule has 0 aliphatic heterocycles. The Labute approximate surface area is 136 Å². The van der Waals surface area contributed by atoms with Crippen LogP contribution in [0.25, 0.3) is 0 Å². The molecule has 0 unspecified atom stereocenters. The van der Waals surface area contributed by atoms with Crippen LogP contribution in [0.1, 0.15) is 38.7 Å². The summed E-state index contributed by atoms with van der Waals surface area (Å²) in [5, 5.41) is 2.93. The van der Waals surface area contributed by atoms with Gasteiger partial charge in [-0.05, 0) is 37.0 Å². The van der Waals surface area contributed by atoms with E-state index in [0.29, 0.717) is 13.0 Å². The zero-order chi connectivity index (χ0) is 14.3. The monoisotopic (exact) mass is 362 g/mol. The molecule has 1 rings (SSSR count). The summed E-state index contributed by atoms with van der Waals surface area (Å²) in [6.45, 7) is 4.66. The zero-order valence-electron chi connectivity index (χ0n) is 12.1. The highest BCUT2D eigenvalue weighted by Crippen LogP contribution is 2.13. The van der Waals surface area contributed by atoms with Gasteiger partial charge in [-0.15, -0.1) is 12.4 Å². The summed E-state index contributed by atoms with van der Waals surface area (Å²) >= 11 is 3.43. The van der Waals surface area contributed by atoms with Crippen LogP contribution in [0.15, 0.2) is 28.7 Å². The molecule has 0 spiro atoms. The van der Waals surface area contributed by atoms with Crippen LogP contribution in [-0.2, 0) is 11.2 Å². The molecule has 20 heavy (non-hydrogen) atoms. The molecular weight excluding hydrogens is 340 g/mol. The lowest BCUT2D eigenvalue weighted by molar-refractivity contribution is -0.121. The molecule has 0 saturated heterocycles. The Morgan fingerprint density at radius 3 is 2.55 bits per heavy atom. The number of halogens is 2. The number of hydrogen-bond acceptors (Lipinski definition) is 2. The second-order valence-corrected chi connectivity index (χ2v) is 5.89. The molecule has 1 aromatic rings. The van der Waals surface area contributed by atoms with Gasteiger partial charge < -0.3 is 11.1 Å². The van der Waals surface area contributed by atoms with Crippen molar-refractivity contribution in [1.82, 2.24) is 5.32 Å². The number of carbonyl (C=O) groups excluding carboxylic acids is 1.